The molecule has 1 aliphatic carbocycles. The van der Waals surface area contributed by atoms with Crippen LogP contribution < -0.4 is 0 Å². The standard InChI is InChI=1S/C54H37N3O4S2/c58-62(59,51-35-36-52(56-55-51)63(60,61)42-33-29-40(30-34-42)57-49-25-13-9-19-43(49)44-20-10-14-26-50(44)57)41-31-27-37(28-32-41)53-45-21-7-11-23-47(45)54(38-15-3-1-4-16-38,39-17-5-2-6-18-39)48-24-12-8-22-46(48)53/h1-36,53H. The third-order valence-corrected chi connectivity index (χ3v) is 15.8. The van der Waals surface area contributed by atoms with Gasteiger partial charge in [-0.3, -0.25) is 0 Å². The van der Waals surface area contributed by atoms with Crippen molar-refractivity contribution in [1.82, 2.24) is 14.8 Å². The molecule has 0 atom stereocenters. The van der Waals surface area contributed by atoms with Crippen molar-refractivity contribution in [3.8, 4) is 5.69 Å². The maximum atomic E-state index is 14.0. The highest BCUT2D eigenvalue weighted by atomic mass is 32.2. The summed E-state index contributed by atoms with van der Waals surface area (Å²) >= 11 is 0. The summed E-state index contributed by atoms with van der Waals surface area (Å²) in [6.07, 6.45) is 0. The predicted octanol–water partition coefficient (Wildman–Crippen LogP) is 11.1. The Morgan fingerprint density at radius 3 is 1.25 bits per heavy atom. The zero-order chi connectivity index (χ0) is 42.8. The highest BCUT2D eigenvalue weighted by Gasteiger charge is 2.46. The molecule has 7 nitrogen and oxygen atoms in total. The second-order valence-electron chi connectivity index (χ2n) is 15.7. The van der Waals surface area contributed by atoms with E-state index in [4.69, 9.17) is 0 Å². The van der Waals surface area contributed by atoms with Crippen LogP contribution in [0.15, 0.2) is 238 Å². The van der Waals surface area contributed by atoms with Gasteiger partial charge in [0.25, 0.3) is 0 Å². The molecule has 9 heteroatoms. The number of hydrogen-bond donors (Lipinski definition) is 0. The van der Waals surface area contributed by atoms with Gasteiger partial charge in [-0.1, -0.05) is 158 Å². The molecule has 0 saturated carbocycles. The van der Waals surface area contributed by atoms with Crippen molar-refractivity contribution in [2.45, 2.75) is 31.2 Å². The Bertz CT molecular complexity index is 3430. The molecule has 2 aromatic heterocycles. The Morgan fingerprint density at radius 1 is 0.397 bits per heavy atom. The molecule has 0 spiro atoms. The summed E-state index contributed by atoms with van der Waals surface area (Å²) in [5.74, 6) is -0.185. The average molecular weight is 856 g/mol. The normalized spacial score (nSPS) is 13.7. The van der Waals surface area contributed by atoms with Crippen molar-refractivity contribution in [3.63, 3.8) is 0 Å². The van der Waals surface area contributed by atoms with Crippen LogP contribution in [0.5, 0.6) is 0 Å². The topological polar surface area (TPSA) is 99.0 Å². The number of hydrogen-bond acceptors (Lipinski definition) is 6. The molecular formula is C54H37N3O4S2. The van der Waals surface area contributed by atoms with E-state index in [1.807, 2.05) is 60.7 Å². The summed E-state index contributed by atoms with van der Waals surface area (Å²) in [7, 11) is -8.29. The van der Waals surface area contributed by atoms with E-state index in [1.165, 1.54) is 24.3 Å². The number of nitrogens with zero attached hydrogens (tertiary/aromatic N) is 3. The van der Waals surface area contributed by atoms with Gasteiger partial charge in [-0.25, -0.2) is 16.8 Å². The van der Waals surface area contributed by atoms with Gasteiger partial charge in [0.1, 0.15) is 0 Å². The van der Waals surface area contributed by atoms with Crippen LogP contribution in [0, 0.1) is 0 Å². The molecule has 2 heterocycles. The number of aromatic nitrogens is 3. The lowest BCUT2D eigenvalue weighted by Gasteiger charge is -2.45. The molecule has 63 heavy (non-hydrogen) atoms. The van der Waals surface area contributed by atoms with E-state index in [-0.39, 0.29) is 25.8 Å². The molecule has 1 aliphatic rings. The third-order valence-electron chi connectivity index (χ3n) is 12.4. The van der Waals surface area contributed by atoms with Crippen LogP contribution >= 0.6 is 0 Å². The molecule has 0 amide bonds. The van der Waals surface area contributed by atoms with Crippen molar-refractivity contribution in [2.75, 3.05) is 0 Å². The summed E-state index contributed by atoms with van der Waals surface area (Å²) in [6.45, 7) is 0. The maximum absolute atomic E-state index is 14.0. The van der Waals surface area contributed by atoms with Gasteiger partial charge in [0.2, 0.25) is 19.7 Å². The fourth-order valence-corrected chi connectivity index (χ4v) is 11.9. The molecule has 0 fully saturated rings. The molecule has 0 saturated heterocycles. The number of rotatable bonds is 8. The lowest BCUT2D eigenvalue weighted by molar-refractivity contribution is 0.580. The Kier molecular flexibility index (Phi) is 9.08. The van der Waals surface area contributed by atoms with E-state index in [9.17, 15) is 16.8 Å². The SMILES string of the molecule is O=S(=O)(c1ccc(C2c3ccccc3C(c3ccccc3)(c3ccccc3)c3ccccc32)cc1)c1ccc(S(=O)(=O)c2ccc(-n3c4ccccc4c4ccccc43)cc2)nn1. The molecule has 8 aromatic carbocycles. The first-order valence-electron chi connectivity index (χ1n) is 20.6. The van der Waals surface area contributed by atoms with Crippen LogP contribution in [0.1, 0.15) is 44.9 Å². The zero-order valence-corrected chi connectivity index (χ0v) is 35.3. The summed E-state index contributed by atoms with van der Waals surface area (Å²) in [5, 5.41) is 9.42. The smallest absolute Gasteiger partial charge is 0.225 e. The van der Waals surface area contributed by atoms with E-state index in [2.05, 4.69) is 124 Å². The van der Waals surface area contributed by atoms with Gasteiger partial charge in [0.05, 0.1) is 26.2 Å². The van der Waals surface area contributed by atoms with Crippen LogP contribution in [0.4, 0.5) is 0 Å². The minimum atomic E-state index is -4.16. The fourth-order valence-electron chi connectivity index (χ4n) is 9.67. The van der Waals surface area contributed by atoms with Gasteiger partial charge in [-0.15, -0.1) is 10.2 Å². The van der Waals surface area contributed by atoms with Crippen molar-refractivity contribution in [3.05, 3.63) is 257 Å². The van der Waals surface area contributed by atoms with Crippen molar-refractivity contribution in [2.24, 2.45) is 0 Å². The first-order chi connectivity index (χ1) is 30.8. The summed E-state index contributed by atoms with van der Waals surface area (Å²) in [5.41, 5.74) is 10.0. The number of fused-ring (bicyclic) bond motifs is 5. The molecule has 0 unspecified atom stereocenters. The third kappa shape index (κ3) is 5.99. The lowest BCUT2D eigenvalue weighted by Crippen LogP contribution is -2.37. The van der Waals surface area contributed by atoms with Gasteiger partial charge in [0, 0.05) is 22.4 Å². The molecule has 10 aromatic rings. The first-order valence-corrected chi connectivity index (χ1v) is 23.6. The van der Waals surface area contributed by atoms with Crippen LogP contribution in [0.3, 0.4) is 0 Å². The van der Waals surface area contributed by atoms with Crippen LogP contribution in [0.25, 0.3) is 27.5 Å². The Morgan fingerprint density at radius 2 is 0.794 bits per heavy atom. The molecule has 11 rings (SSSR count). The van der Waals surface area contributed by atoms with Crippen molar-refractivity contribution >= 4 is 41.5 Å². The molecule has 0 aliphatic heterocycles. The Hall–Kier alpha value is -7.46. The van der Waals surface area contributed by atoms with Crippen LogP contribution in [-0.2, 0) is 25.1 Å². The van der Waals surface area contributed by atoms with Gasteiger partial charge < -0.3 is 4.57 Å². The number of sulfone groups is 2. The number of para-hydroxylation sites is 2. The molecule has 304 valence electrons. The zero-order valence-electron chi connectivity index (χ0n) is 33.7. The van der Waals surface area contributed by atoms with Gasteiger partial charge in [-0.2, -0.15) is 0 Å². The minimum absolute atomic E-state index is 0.0168. The van der Waals surface area contributed by atoms with E-state index in [0.29, 0.717) is 0 Å². The Balaban J connectivity index is 0.906. The number of benzene rings is 8. The lowest BCUT2D eigenvalue weighted by atomic mass is 9.57. The van der Waals surface area contributed by atoms with E-state index >= 15 is 0 Å². The first kappa shape index (κ1) is 38.5. The van der Waals surface area contributed by atoms with E-state index in [1.54, 1.807) is 24.3 Å². The molecule has 0 bridgehead atoms. The predicted molar refractivity (Wildman–Crippen MR) is 246 cm³/mol. The fraction of sp³-hybridized carbons (Fsp3) is 0.0370. The van der Waals surface area contributed by atoms with Gasteiger partial charge in [0.15, 0.2) is 10.1 Å². The monoisotopic (exact) mass is 855 g/mol. The van der Waals surface area contributed by atoms with Crippen LogP contribution in [0.2, 0.25) is 0 Å². The van der Waals surface area contributed by atoms with E-state index < -0.39 is 25.1 Å². The molecular weight excluding hydrogens is 819 g/mol. The van der Waals surface area contributed by atoms with Crippen molar-refractivity contribution < 1.29 is 16.8 Å². The molecule has 0 radical (unpaired) electrons. The summed E-state index contributed by atoms with van der Waals surface area (Å²) < 4.78 is 57.7. The van der Waals surface area contributed by atoms with Gasteiger partial charge >= 0.3 is 0 Å². The Labute approximate surface area is 365 Å². The summed E-state index contributed by atoms with van der Waals surface area (Å²) in [4.78, 5) is 0.0419. The quantitative estimate of drug-likeness (QED) is 0.151. The second-order valence-corrected chi connectivity index (χ2v) is 19.5. The van der Waals surface area contributed by atoms with Crippen LogP contribution in [-0.4, -0.2) is 31.6 Å². The molecule has 0 N–H and O–H groups in total. The second kappa shape index (κ2) is 14.9. The van der Waals surface area contributed by atoms with Gasteiger partial charge in [-0.05, 0) is 99.6 Å². The van der Waals surface area contributed by atoms with E-state index in [0.717, 1.165) is 66.4 Å². The minimum Gasteiger partial charge on any atom is -0.309 e. The maximum Gasteiger partial charge on any atom is 0.225 e. The highest BCUT2D eigenvalue weighted by Crippen LogP contribution is 2.55. The summed E-state index contributed by atoms with van der Waals surface area (Å²) in [6, 6.07) is 70.3. The van der Waals surface area contributed by atoms with Crippen molar-refractivity contribution in [1.29, 1.82) is 0 Å². The highest BCUT2D eigenvalue weighted by molar-refractivity contribution is 7.91. The average Bonchev–Trinajstić information content (AvgIpc) is 3.68. The largest absolute Gasteiger partial charge is 0.309 e.